The lowest BCUT2D eigenvalue weighted by Crippen LogP contribution is -2.21. The van der Waals surface area contributed by atoms with Gasteiger partial charge in [-0.05, 0) is 24.6 Å². The molecule has 2 rings (SSSR count). The van der Waals surface area contributed by atoms with Crippen molar-refractivity contribution in [2.45, 2.75) is 13.5 Å². The van der Waals surface area contributed by atoms with Gasteiger partial charge in [0.25, 0.3) is 0 Å². The summed E-state index contributed by atoms with van der Waals surface area (Å²) in [5, 5.41) is 6.40. The number of aryl methyl sites for hydroxylation is 1. The van der Waals surface area contributed by atoms with Gasteiger partial charge in [-0.1, -0.05) is 48.0 Å². The van der Waals surface area contributed by atoms with Gasteiger partial charge in [-0.2, -0.15) is 0 Å². The van der Waals surface area contributed by atoms with Crippen LogP contribution in [0.4, 0.5) is 5.69 Å². The van der Waals surface area contributed by atoms with Gasteiger partial charge >= 0.3 is 5.97 Å². The van der Waals surface area contributed by atoms with Gasteiger partial charge < -0.3 is 15.4 Å². The molecule has 4 nitrogen and oxygen atoms in total. The van der Waals surface area contributed by atoms with Crippen LogP contribution in [-0.4, -0.2) is 13.1 Å². The van der Waals surface area contributed by atoms with E-state index >= 15 is 0 Å². The van der Waals surface area contributed by atoms with Crippen molar-refractivity contribution in [2.24, 2.45) is 0 Å². The molecule has 0 spiro atoms. The molecule has 0 aliphatic carbocycles. The van der Waals surface area contributed by atoms with Gasteiger partial charge in [0.2, 0.25) is 0 Å². The molecule has 0 saturated heterocycles. The van der Waals surface area contributed by atoms with Crippen molar-refractivity contribution in [1.82, 2.24) is 5.32 Å². The number of hydrogen-bond donors (Lipinski definition) is 2. The number of hydrogen-bond acceptors (Lipinski definition) is 4. The fourth-order valence-electron chi connectivity index (χ4n) is 1.89. The lowest BCUT2D eigenvalue weighted by atomic mass is 10.2. The van der Waals surface area contributed by atoms with Crippen LogP contribution >= 0.6 is 0 Å². The van der Waals surface area contributed by atoms with Crippen LogP contribution in [-0.2, 0) is 16.1 Å². The molecule has 2 aromatic carbocycles. The van der Waals surface area contributed by atoms with Crippen LogP contribution in [0.5, 0.6) is 0 Å². The summed E-state index contributed by atoms with van der Waals surface area (Å²) in [6.45, 7) is 2.64. The fraction of sp³-hybridized carbons (Fsp3) is 0.167. The number of anilines is 1. The lowest BCUT2D eigenvalue weighted by Gasteiger charge is -2.14. The summed E-state index contributed by atoms with van der Waals surface area (Å²) in [7, 11) is 1.36. The highest BCUT2D eigenvalue weighted by atomic mass is 16.5. The average Bonchev–Trinajstić information content (AvgIpc) is 2.55. The third kappa shape index (κ3) is 4.98. The molecule has 0 unspecified atom stereocenters. The highest BCUT2D eigenvalue weighted by Crippen LogP contribution is 2.11. The topological polar surface area (TPSA) is 50.4 Å². The molecule has 0 heterocycles. The Morgan fingerprint density at radius 1 is 1.09 bits per heavy atom. The van der Waals surface area contributed by atoms with Crippen LogP contribution in [0.2, 0.25) is 0 Å². The number of rotatable bonds is 6. The van der Waals surface area contributed by atoms with Crippen LogP contribution in [0.3, 0.4) is 0 Å². The van der Waals surface area contributed by atoms with Gasteiger partial charge in [-0.25, -0.2) is 4.79 Å². The van der Waals surface area contributed by atoms with E-state index in [-0.39, 0.29) is 0 Å². The molecule has 0 radical (unpaired) electrons. The monoisotopic (exact) mass is 296 g/mol. The van der Waals surface area contributed by atoms with Gasteiger partial charge in [0.15, 0.2) is 0 Å². The first-order valence-corrected chi connectivity index (χ1v) is 7.08. The zero-order chi connectivity index (χ0) is 15.8. The summed E-state index contributed by atoms with van der Waals surface area (Å²) in [5.74, 6) is 0.190. The Kier molecular flexibility index (Phi) is 5.60. The second kappa shape index (κ2) is 7.88. The van der Waals surface area contributed by atoms with E-state index < -0.39 is 5.97 Å². The molecule has 2 aromatic rings. The van der Waals surface area contributed by atoms with E-state index in [1.807, 2.05) is 61.5 Å². The van der Waals surface area contributed by atoms with Crippen molar-refractivity contribution in [3.63, 3.8) is 0 Å². The number of carbonyl (C=O) groups excluding carboxylic acids is 1. The first kappa shape index (κ1) is 15.6. The maximum atomic E-state index is 11.5. The van der Waals surface area contributed by atoms with E-state index in [4.69, 9.17) is 4.74 Å². The van der Waals surface area contributed by atoms with Crippen molar-refractivity contribution in [3.05, 3.63) is 77.6 Å². The number of nitrogens with one attached hydrogen (secondary N) is 2. The molecule has 4 heteroatoms. The van der Waals surface area contributed by atoms with Crippen LogP contribution in [0.15, 0.2) is 66.5 Å². The number of carbonyl (C=O) groups is 1. The summed E-state index contributed by atoms with van der Waals surface area (Å²) in [6, 6.07) is 17.9. The smallest absolute Gasteiger partial charge is 0.334 e. The minimum absolute atomic E-state index is 0.407. The Balaban J connectivity index is 2.07. The predicted molar refractivity (Wildman–Crippen MR) is 88.2 cm³/mol. The highest BCUT2D eigenvalue weighted by molar-refractivity contribution is 5.83. The predicted octanol–water partition coefficient (Wildman–Crippen LogP) is 3.21. The Labute approximate surface area is 130 Å². The second-order valence-electron chi connectivity index (χ2n) is 4.91. The normalized spacial score (nSPS) is 10.9. The van der Waals surface area contributed by atoms with Crippen LogP contribution < -0.4 is 10.6 Å². The Morgan fingerprint density at radius 3 is 2.41 bits per heavy atom. The molecular weight excluding hydrogens is 276 g/mol. The molecule has 0 atom stereocenters. The van der Waals surface area contributed by atoms with Crippen LogP contribution in [0.1, 0.15) is 11.1 Å². The molecule has 22 heavy (non-hydrogen) atoms. The summed E-state index contributed by atoms with van der Waals surface area (Å²) in [4.78, 5) is 11.5. The lowest BCUT2D eigenvalue weighted by molar-refractivity contribution is -0.134. The van der Waals surface area contributed by atoms with Gasteiger partial charge in [0.05, 0.1) is 13.2 Å². The van der Waals surface area contributed by atoms with Crippen molar-refractivity contribution < 1.29 is 9.53 Å². The molecule has 0 aliphatic heterocycles. The first-order valence-electron chi connectivity index (χ1n) is 7.08. The van der Waals surface area contributed by atoms with E-state index in [0.717, 1.165) is 11.3 Å². The molecule has 0 saturated carbocycles. The Morgan fingerprint density at radius 2 is 1.77 bits per heavy atom. The number of methoxy groups -OCH3 is 1. The molecule has 0 fully saturated rings. The van der Waals surface area contributed by atoms with Crippen molar-refractivity contribution >= 4 is 11.7 Å². The maximum absolute atomic E-state index is 11.5. The van der Waals surface area contributed by atoms with Gasteiger partial charge in [0.1, 0.15) is 5.82 Å². The average molecular weight is 296 g/mol. The third-order valence-corrected chi connectivity index (χ3v) is 3.12. The van der Waals surface area contributed by atoms with E-state index in [0.29, 0.717) is 12.4 Å². The molecule has 0 amide bonds. The maximum Gasteiger partial charge on any atom is 0.334 e. The van der Waals surface area contributed by atoms with Gasteiger partial charge in [-0.15, -0.1) is 0 Å². The molecule has 0 bridgehead atoms. The fourth-order valence-corrected chi connectivity index (χ4v) is 1.89. The van der Waals surface area contributed by atoms with Gasteiger partial charge in [0, 0.05) is 12.2 Å². The zero-order valence-corrected chi connectivity index (χ0v) is 12.8. The molecule has 0 aliphatic rings. The molecular formula is C18H20N2O2. The number of ether oxygens (including phenoxy) is 1. The van der Waals surface area contributed by atoms with E-state index in [1.165, 1.54) is 18.7 Å². The molecule has 2 N–H and O–H groups in total. The molecule has 0 aromatic heterocycles. The van der Waals surface area contributed by atoms with Crippen molar-refractivity contribution in [3.8, 4) is 0 Å². The summed E-state index contributed by atoms with van der Waals surface area (Å²) >= 11 is 0. The summed E-state index contributed by atoms with van der Waals surface area (Å²) in [5.41, 5.74) is 3.21. The van der Waals surface area contributed by atoms with Crippen LogP contribution in [0, 0.1) is 6.92 Å². The minimum Gasteiger partial charge on any atom is -0.466 e. The van der Waals surface area contributed by atoms with E-state index in [9.17, 15) is 4.79 Å². The highest BCUT2D eigenvalue weighted by Gasteiger charge is 2.03. The first-order chi connectivity index (χ1) is 10.7. The minimum atomic E-state index is -0.407. The summed E-state index contributed by atoms with van der Waals surface area (Å²) < 4.78 is 4.69. The Hall–Kier alpha value is -2.75. The standard InChI is InChI=1S/C18H20N2O2/c1-14-8-10-16(11-9-14)20-17(12-18(21)22-2)19-13-15-6-4-3-5-7-15/h3-12,19-20H,13H2,1-2H3/b17-12-. The Bertz CT molecular complexity index is 634. The summed E-state index contributed by atoms with van der Waals surface area (Å²) in [6.07, 6.45) is 1.41. The quantitative estimate of drug-likeness (QED) is 0.635. The zero-order valence-electron chi connectivity index (χ0n) is 12.8. The van der Waals surface area contributed by atoms with E-state index in [2.05, 4.69) is 10.6 Å². The largest absolute Gasteiger partial charge is 0.466 e. The van der Waals surface area contributed by atoms with Crippen molar-refractivity contribution in [1.29, 1.82) is 0 Å². The van der Waals surface area contributed by atoms with Crippen LogP contribution in [0.25, 0.3) is 0 Å². The number of esters is 1. The van der Waals surface area contributed by atoms with Crippen molar-refractivity contribution in [2.75, 3.05) is 12.4 Å². The second-order valence-corrected chi connectivity index (χ2v) is 4.91. The van der Waals surface area contributed by atoms with E-state index in [1.54, 1.807) is 0 Å². The molecule has 114 valence electrons. The number of benzene rings is 2. The SMILES string of the molecule is COC(=O)/C=C(/NCc1ccccc1)Nc1ccc(C)cc1. The third-order valence-electron chi connectivity index (χ3n) is 3.12. The van der Waals surface area contributed by atoms with Gasteiger partial charge in [-0.3, -0.25) is 0 Å².